The summed E-state index contributed by atoms with van der Waals surface area (Å²) in [5.41, 5.74) is 3.12. The van der Waals surface area contributed by atoms with Crippen molar-refractivity contribution in [1.82, 2.24) is 4.90 Å². The van der Waals surface area contributed by atoms with E-state index in [4.69, 9.17) is 9.05 Å². The van der Waals surface area contributed by atoms with Crippen LogP contribution in [0.15, 0.2) is 35.1 Å². The Morgan fingerprint density at radius 2 is 1.88 bits per heavy atom. The van der Waals surface area contributed by atoms with Crippen molar-refractivity contribution < 1.29 is 18.7 Å². The predicted molar refractivity (Wildman–Crippen MR) is 98.3 cm³/mol. The highest BCUT2D eigenvalue weighted by molar-refractivity contribution is 7.52. The molecule has 7 heteroatoms. The lowest BCUT2D eigenvalue weighted by atomic mass is 9.93. The zero-order valence-corrected chi connectivity index (χ0v) is 15.8. The fraction of sp³-hybridized carbons (Fsp3) is 0.500. The minimum absolute atomic E-state index is 0.0321. The number of hydrogen-bond donors (Lipinski definition) is 1. The molecule has 1 heterocycles. The summed E-state index contributed by atoms with van der Waals surface area (Å²) >= 11 is 0. The summed E-state index contributed by atoms with van der Waals surface area (Å²) in [6.07, 6.45) is 5.24. The second-order valence-corrected chi connectivity index (χ2v) is 8.38. The Kier molecular flexibility index (Phi) is 5.44. The number of aliphatic hydroxyl groups excluding tert-OH is 1. The molecule has 0 radical (unpaired) electrons. The SMILES string of the molecule is COP(=O)(/N=C1/CC(c2ccc(CO)cc2)=CC(C2CC2)N1C)OC. The molecule has 0 bridgehead atoms. The number of rotatable bonds is 6. The quantitative estimate of drug-likeness (QED) is 0.783. The van der Waals surface area contributed by atoms with E-state index in [9.17, 15) is 9.67 Å². The minimum atomic E-state index is -3.47. The molecular weight excluding hydrogens is 339 g/mol. The van der Waals surface area contributed by atoms with Crippen molar-refractivity contribution in [3.8, 4) is 0 Å². The molecule has 25 heavy (non-hydrogen) atoms. The molecule has 1 saturated carbocycles. The topological polar surface area (TPSA) is 71.4 Å². The molecule has 1 atom stereocenters. The van der Waals surface area contributed by atoms with Gasteiger partial charge in [-0.25, -0.2) is 4.57 Å². The fourth-order valence-electron chi connectivity index (χ4n) is 3.16. The van der Waals surface area contributed by atoms with Crippen LogP contribution < -0.4 is 0 Å². The zero-order valence-electron chi connectivity index (χ0n) is 14.9. The lowest BCUT2D eigenvalue weighted by molar-refractivity contribution is 0.275. The number of aliphatic hydroxyl groups is 1. The largest absolute Gasteiger partial charge is 0.454 e. The Labute approximate surface area is 148 Å². The molecule has 0 amide bonds. The van der Waals surface area contributed by atoms with Gasteiger partial charge in [0.25, 0.3) is 0 Å². The first-order chi connectivity index (χ1) is 12.0. The Morgan fingerprint density at radius 3 is 2.40 bits per heavy atom. The third kappa shape index (κ3) is 4.04. The molecule has 136 valence electrons. The van der Waals surface area contributed by atoms with E-state index >= 15 is 0 Å². The van der Waals surface area contributed by atoms with Crippen molar-refractivity contribution in [3.05, 3.63) is 41.5 Å². The van der Waals surface area contributed by atoms with Crippen LogP contribution in [0.25, 0.3) is 5.57 Å². The molecule has 3 rings (SSSR count). The number of nitrogens with zero attached hydrogens (tertiary/aromatic N) is 2. The zero-order chi connectivity index (χ0) is 18.0. The monoisotopic (exact) mass is 364 g/mol. The highest BCUT2D eigenvalue weighted by Gasteiger charge is 2.37. The first-order valence-corrected chi connectivity index (χ1v) is 9.93. The third-order valence-electron chi connectivity index (χ3n) is 4.89. The summed E-state index contributed by atoms with van der Waals surface area (Å²) in [6, 6.07) is 8.11. The number of hydrogen-bond acceptors (Lipinski definition) is 4. The summed E-state index contributed by atoms with van der Waals surface area (Å²) in [5.74, 6) is 1.32. The van der Waals surface area contributed by atoms with Gasteiger partial charge in [0.1, 0.15) is 5.84 Å². The number of likely N-dealkylation sites (N-methyl/N-ethyl adjacent to an activating group) is 1. The molecule has 0 aromatic heterocycles. The average Bonchev–Trinajstić information content (AvgIpc) is 3.48. The summed E-state index contributed by atoms with van der Waals surface area (Å²) < 4.78 is 26.8. The predicted octanol–water partition coefficient (Wildman–Crippen LogP) is 3.48. The van der Waals surface area contributed by atoms with E-state index in [1.54, 1.807) is 0 Å². The molecule has 1 aliphatic carbocycles. The summed E-state index contributed by atoms with van der Waals surface area (Å²) in [5, 5.41) is 9.22. The standard InChI is InChI=1S/C18H25N2O4P/c1-20-17(15-8-9-15)10-16(14-6-4-13(12-21)5-7-14)11-18(20)19-25(22,23-2)24-3/h4-7,10,15,17,21H,8-9,11-12H2,1-3H3/b19-18-. The summed E-state index contributed by atoms with van der Waals surface area (Å²) in [7, 11) is 1.21. The molecule has 1 N–H and O–H groups in total. The van der Waals surface area contributed by atoms with E-state index < -0.39 is 7.75 Å². The maximum absolute atomic E-state index is 12.5. The fourth-order valence-corrected chi connectivity index (χ4v) is 3.97. The van der Waals surface area contributed by atoms with Gasteiger partial charge in [0.15, 0.2) is 0 Å². The molecule has 1 aromatic carbocycles. The van der Waals surface area contributed by atoms with E-state index in [1.165, 1.54) is 27.1 Å². The Bertz CT molecular complexity index is 717. The van der Waals surface area contributed by atoms with Crippen molar-refractivity contribution >= 4 is 19.2 Å². The van der Waals surface area contributed by atoms with Gasteiger partial charge < -0.3 is 10.0 Å². The summed E-state index contributed by atoms with van der Waals surface area (Å²) in [4.78, 5) is 2.09. The van der Waals surface area contributed by atoms with Crippen molar-refractivity contribution in [1.29, 1.82) is 0 Å². The molecule has 6 nitrogen and oxygen atoms in total. The van der Waals surface area contributed by atoms with Crippen LogP contribution in [0, 0.1) is 5.92 Å². The van der Waals surface area contributed by atoms with Crippen LogP contribution in [-0.2, 0) is 20.2 Å². The van der Waals surface area contributed by atoms with E-state index in [0.29, 0.717) is 18.2 Å². The Balaban J connectivity index is 1.96. The smallest absolute Gasteiger partial charge is 0.392 e. The second kappa shape index (κ2) is 7.42. The van der Waals surface area contributed by atoms with Gasteiger partial charge in [0.05, 0.1) is 12.6 Å². The Hall–Kier alpha value is -1.46. The number of amidine groups is 1. The van der Waals surface area contributed by atoms with Gasteiger partial charge >= 0.3 is 7.75 Å². The molecule has 2 aliphatic rings. The van der Waals surface area contributed by atoms with Gasteiger partial charge in [-0.3, -0.25) is 9.05 Å². The van der Waals surface area contributed by atoms with Crippen molar-refractivity contribution in [2.24, 2.45) is 10.7 Å². The lowest BCUT2D eigenvalue weighted by Crippen LogP contribution is -2.40. The molecule has 1 unspecified atom stereocenters. The molecule has 1 fully saturated rings. The molecule has 0 spiro atoms. The van der Waals surface area contributed by atoms with Crippen LogP contribution in [0.2, 0.25) is 0 Å². The van der Waals surface area contributed by atoms with E-state index in [1.807, 2.05) is 31.3 Å². The normalized spacial score (nSPS) is 23.0. The molecular formula is C18H25N2O4P. The molecule has 1 aliphatic heterocycles. The van der Waals surface area contributed by atoms with Crippen molar-refractivity contribution in [3.63, 3.8) is 0 Å². The van der Waals surface area contributed by atoms with E-state index in [0.717, 1.165) is 16.7 Å². The van der Waals surface area contributed by atoms with Gasteiger partial charge in [-0.2, -0.15) is 4.76 Å². The van der Waals surface area contributed by atoms with Crippen LogP contribution in [0.4, 0.5) is 0 Å². The molecule has 0 saturated heterocycles. The van der Waals surface area contributed by atoms with Crippen LogP contribution in [-0.4, -0.2) is 43.2 Å². The molecule has 1 aromatic rings. The first kappa shape index (κ1) is 18.3. The highest BCUT2D eigenvalue weighted by atomic mass is 31.2. The van der Waals surface area contributed by atoms with Crippen LogP contribution in [0.3, 0.4) is 0 Å². The van der Waals surface area contributed by atoms with Gasteiger partial charge in [-0.05, 0) is 35.5 Å². The minimum Gasteiger partial charge on any atom is -0.392 e. The van der Waals surface area contributed by atoms with Gasteiger partial charge in [-0.1, -0.05) is 30.3 Å². The number of benzene rings is 1. The lowest BCUT2D eigenvalue weighted by Gasteiger charge is -2.35. The van der Waals surface area contributed by atoms with Crippen molar-refractivity contribution in [2.75, 3.05) is 21.3 Å². The highest BCUT2D eigenvalue weighted by Crippen LogP contribution is 2.50. The van der Waals surface area contributed by atoms with Crippen molar-refractivity contribution in [2.45, 2.75) is 31.9 Å². The van der Waals surface area contributed by atoms with Gasteiger partial charge in [-0.15, -0.1) is 0 Å². The van der Waals surface area contributed by atoms with Gasteiger partial charge in [0.2, 0.25) is 0 Å². The van der Waals surface area contributed by atoms with E-state index in [-0.39, 0.29) is 12.6 Å². The maximum atomic E-state index is 12.5. The first-order valence-electron chi connectivity index (χ1n) is 8.44. The third-order valence-corrected chi connectivity index (χ3v) is 6.29. The summed E-state index contributed by atoms with van der Waals surface area (Å²) in [6.45, 7) is 0.0321. The van der Waals surface area contributed by atoms with Crippen LogP contribution in [0.5, 0.6) is 0 Å². The van der Waals surface area contributed by atoms with Crippen LogP contribution >= 0.6 is 7.75 Å². The second-order valence-electron chi connectivity index (χ2n) is 6.51. The Morgan fingerprint density at radius 1 is 1.24 bits per heavy atom. The average molecular weight is 364 g/mol. The van der Waals surface area contributed by atoms with Gasteiger partial charge in [0, 0.05) is 27.7 Å². The maximum Gasteiger partial charge on any atom is 0.454 e. The van der Waals surface area contributed by atoms with E-state index in [2.05, 4.69) is 15.7 Å². The van der Waals surface area contributed by atoms with Crippen LogP contribution in [0.1, 0.15) is 30.4 Å².